The first kappa shape index (κ1) is 29.1. The summed E-state index contributed by atoms with van der Waals surface area (Å²) >= 11 is 0. The molecule has 2 heterocycles. The minimum atomic E-state index is 1.10. The maximum absolute atomic E-state index is 2.44. The molecular formula is C48H33N3. The van der Waals surface area contributed by atoms with Crippen LogP contribution in [-0.2, 0) is 0 Å². The highest BCUT2D eigenvalue weighted by atomic mass is 15.2. The predicted octanol–water partition coefficient (Wildman–Crippen LogP) is 13.0. The molecule has 0 spiro atoms. The Hall–Kier alpha value is -6.84. The second-order valence-corrected chi connectivity index (χ2v) is 13.0. The van der Waals surface area contributed by atoms with Gasteiger partial charge in [0.15, 0.2) is 0 Å². The average molecular weight is 652 g/mol. The summed E-state index contributed by atoms with van der Waals surface area (Å²) in [5.74, 6) is 0. The maximum atomic E-state index is 2.44. The zero-order valence-corrected chi connectivity index (χ0v) is 27.9. The minimum Gasteiger partial charge on any atom is -0.310 e. The number of fused-ring (bicyclic) bond motifs is 6. The third-order valence-corrected chi connectivity index (χ3v) is 10.1. The average Bonchev–Trinajstić information content (AvgIpc) is 3.73. The van der Waals surface area contributed by atoms with Crippen molar-refractivity contribution in [1.82, 2.24) is 9.13 Å². The monoisotopic (exact) mass is 651 g/mol. The van der Waals surface area contributed by atoms with Gasteiger partial charge in [0.2, 0.25) is 0 Å². The molecule has 0 bridgehead atoms. The second-order valence-electron chi connectivity index (χ2n) is 13.0. The molecular weight excluding hydrogens is 619 g/mol. The number of rotatable bonds is 6. The molecule has 0 N–H and O–H groups in total. The highest BCUT2D eigenvalue weighted by Crippen LogP contribution is 2.47. The smallest absolute Gasteiger partial charge is 0.0562 e. The summed E-state index contributed by atoms with van der Waals surface area (Å²) in [6, 6.07) is 72.1. The van der Waals surface area contributed by atoms with Gasteiger partial charge in [0.1, 0.15) is 0 Å². The molecule has 240 valence electrons. The van der Waals surface area contributed by atoms with E-state index in [1.165, 1.54) is 49.2 Å². The molecule has 10 rings (SSSR count). The SMILES string of the molecule is c1ccc(-c2cccc3c2c2c(N(c4ccccc4)c4ccc5c6ccccc6n(-c6ccccc6)c5c4)cccc2n3-c2ccccc2)cc1. The standard InChI is InChI=1S/C48H33N3/c1-5-17-34(18-6-1)39-26-15-28-43-47(39)48-44(29-16-30-45(48)51(43)37-23-11-4-12-24-37)49(35-19-7-2-8-20-35)38-31-32-41-40-25-13-14-27-42(40)50(46(41)33-38)36-21-9-3-10-22-36/h1-33H. The van der Waals surface area contributed by atoms with Gasteiger partial charge in [0.25, 0.3) is 0 Å². The molecule has 0 saturated carbocycles. The second kappa shape index (κ2) is 11.9. The molecule has 0 saturated heterocycles. The number of nitrogens with zero attached hydrogens (tertiary/aromatic N) is 3. The molecule has 0 aliphatic carbocycles. The first-order valence-electron chi connectivity index (χ1n) is 17.5. The number of para-hydroxylation sites is 4. The molecule has 0 atom stereocenters. The fourth-order valence-corrected chi connectivity index (χ4v) is 7.95. The van der Waals surface area contributed by atoms with Crippen molar-refractivity contribution in [3.05, 3.63) is 200 Å². The lowest BCUT2D eigenvalue weighted by atomic mass is 9.98. The molecule has 0 amide bonds. The van der Waals surface area contributed by atoms with E-state index in [1.54, 1.807) is 0 Å². The summed E-state index contributed by atoms with van der Waals surface area (Å²) < 4.78 is 4.81. The highest BCUT2D eigenvalue weighted by molar-refractivity contribution is 6.21. The van der Waals surface area contributed by atoms with Crippen LogP contribution in [0.4, 0.5) is 17.1 Å². The predicted molar refractivity (Wildman–Crippen MR) is 215 cm³/mol. The quantitative estimate of drug-likeness (QED) is 0.174. The van der Waals surface area contributed by atoms with E-state index in [1.807, 2.05) is 0 Å². The fourth-order valence-electron chi connectivity index (χ4n) is 7.95. The summed E-state index contributed by atoms with van der Waals surface area (Å²) in [4.78, 5) is 2.44. The van der Waals surface area contributed by atoms with Gasteiger partial charge in [-0.05, 0) is 83.9 Å². The summed E-state index contributed by atoms with van der Waals surface area (Å²) in [5, 5.41) is 4.92. The zero-order chi connectivity index (χ0) is 33.7. The van der Waals surface area contributed by atoms with E-state index in [4.69, 9.17) is 0 Å². The van der Waals surface area contributed by atoms with Crippen LogP contribution in [0.5, 0.6) is 0 Å². The first-order valence-corrected chi connectivity index (χ1v) is 17.5. The molecule has 0 unspecified atom stereocenters. The van der Waals surface area contributed by atoms with E-state index in [-0.39, 0.29) is 0 Å². The molecule has 0 fully saturated rings. The molecule has 8 aromatic carbocycles. The van der Waals surface area contributed by atoms with Gasteiger partial charge in [-0.2, -0.15) is 0 Å². The largest absolute Gasteiger partial charge is 0.310 e. The van der Waals surface area contributed by atoms with E-state index < -0.39 is 0 Å². The molecule has 10 aromatic rings. The molecule has 3 heteroatoms. The molecule has 2 aromatic heterocycles. The lowest BCUT2D eigenvalue weighted by molar-refractivity contribution is 1.17. The Labute approximate surface area is 296 Å². The molecule has 0 aliphatic heterocycles. The number of anilines is 3. The van der Waals surface area contributed by atoms with Crippen molar-refractivity contribution in [2.24, 2.45) is 0 Å². The van der Waals surface area contributed by atoms with E-state index in [2.05, 4.69) is 214 Å². The maximum Gasteiger partial charge on any atom is 0.0562 e. The van der Waals surface area contributed by atoms with Gasteiger partial charge < -0.3 is 14.0 Å². The van der Waals surface area contributed by atoms with Gasteiger partial charge in [-0.15, -0.1) is 0 Å². The Bertz CT molecular complexity index is 2830. The summed E-state index contributed by atoms with van der Waals surface area (Å²) in [6.07, 6.45) is 0. The van der Waals surface area contributed by atoms with Crippen molar-refractivity contribution in [2.45, 2.75) is 0 Å². The van der Waals surface area contributed by atoms with Crippen LogP contribution >= 0.6 is 0 Å². The van der Waals surface area contributed by atoms with E-state index in [0.29, 0.717) is 0 Å². The van der Waals surface area contributed by atoms with Gasteiger partial charge in [-0.1, -0.05) is 127 Å². The number of hydrogen-bond donors (Lipinski definition) is 0. The van der Waals surface area contributed by atoms with Crippen LogP contribution in [0.15, 0.2) is 200 Å². The van der Waals surface area contributed by atoms with Crippen molar-refractivity contribution >= 4 is 60.7 Å². The fraction of sp³-hybridized carbons (Fsp3) is 0. The van der Waals surface area contributed by atoms with Gasteiger partial charge in [-0.25, -0.2) is 0 Å². The summed E-state index contributed by atoms with van der Waals surface area (Å²) in [7, 11) is 0. The minimum absolute atomic E-state index is 1.10. The first-order chi connectivity index (χ1) is 25.3. The summed E-state index contributed by atoms with van der Waals surface area (Å²) in [6.45, 7) is 0. The van der Waals surface area contributed by atoms with Crippen molar-refractivity contribution in [3.63, 3.8) is 0 Å². The Morgan fingerprint density at radius 3 is 1.57 bits per heavy atom. The Morgan fingerprint density at radius 2 is 0.863 bits per heavy atom. The van der Waals surface area contributed by atoms with E-state index in [0.717, 1.165) is 34.0 Å². The van der Waals surface area contributed by atoms with Gasteiger partial charge in [-0.3, -0.25) is 0 Å². The van der Waals surface area contributed by atoms with Crippen LogP contribution in [0.3, 0.4) is 0 Å². The van der Waals surface area contributed by atoms with Crippen molar-refractivity contribution in [3.8, 4) is 22.5 Å². The highest BCUT2D eigenvalue weighted by Gasteiger charge is 2.24. The van der Waals surface area contributed by atoms with Crippen LogP contribution < -0.4 is 4.90 Å². The Balaban J connectivity index is 1.32. The molecule has 0 aliphatic rings. The van der Waals surface area contributed by atoms with Crippen LogP contribution in [0.2, 0.25) is 0 Å². The van der Waals surface area contributed by atoms with Gasteiger partial charge in [0, 0.05) is 44.3 Å². The zero-order valence-electron chi connectivity index (χ0n) is 27.9. The van der Waals surface area contributed by atoms with E-state index >= 15 is 0 Å². The third-order valence-electron chi connectivity index (χ3n) is 10.1. The Kier molecular flexibility index (Phi) is 6.81. The van der Waals surface area contributed by atoms with Crippen LogP contribution in [0.1, 0.15) is 0 Å². The summed E-state index contributed by atoms with van der Waals surface area (Å²) in [5.41, 5.74) is 12.7. The molecule has 51 heavy (non-hydrogen) atoms. The van der Waals surface area contributed by atoms with Crippen LogP contribution in [-0.4, -0.2) is 9.13 Å². The van der Waals surface area contributed by atoms with Crippen LogP contribution in [0, 0.1) is 0 Å². The number of hydrogen-bond acceptors (Lipinski definition) is 1. The number of benzene rings is 8. The van der Waals surface area contributed by atoms with Gasteiger partial charge >= 0.3 is 0 Å². The topological polar surface area (TPSA) is 13.1 Å². The third kappa shape index (κ3) is 4.67. The van der Waals surface area contributed by atoms with E-state index in [9.17, 15) is 0 Å². The molecule has 3 nitrogen and oxygen atoms in total. The van der Waals surface area contributed by atoms with Gasteiger partial charge in [0.05, 0.1) is 27.8 Å². The normalized spacial score (nSPS) is 11.5. The Morgan fingerprint density at radius 1 is 0.333 bits per heavy atom. The number of aromatic nitrogens is 2. The van der Waals surface area contributed by atoms with Crippen molar-refractivity contribution < 1.29 is 0 Å². The van der Waals surface area contributed by atoms with Crippen LogP contribution in [0.25, 0.3) is 66.1 Å². The molecule has 0 radical (unpaired) electrons. The van der Waals surface area contributed by atoms with Crippen molar-refractivity contribution in [1.29, 1.82) is 0 Å². The van der Waals surface area contributed by atoms with Crippen molar-refractivity contribution in [2.75, 3.05) is 4.90 Å². The lowest BCUT2D eigenvalue weighted by Gasteiger charge is -2.27. The lowest BCUT2D eigenvalue weighted by Crippen LogP contribution is -2.10.